The highest BCUT2D eigenvalue weighted by Gasteiger charge is 2.22. The van der Waals surface area contributed by atoms with Crippen LogP contribution >= 0.6 is 0 Å². The molecule has 0 aliphatic carbocycles. The zero-order valence-electron chi connectivity index (χ0n) is 6.18. The molecule has 1 nitrogen and oxygen atoms in total. The van der Waals surface area contributed by atoms with Crippen molar-refractivity contribution in [1.29, 1.82) is 0 Å². The van der Waals surface area contributed by atoms with Gasteiger partial charge < -0.3 is 4.74 Å². The molecule has 0 bridgehead atoms. The maximum atomic E-state index is 5.52. The molecule has 1 heterocycles. The van der Waals surface area contributed by atoms with Gasteiger partial charge in [-0.1, -0.05) is 13.5 Å². The average Bonchev–Trinajstić information content (AvgIpc) is 2.13. The van der Waals surface area contributed by atoms with Gasteiger partial charge in [0.1, 0.15) is 0 Å². The fourth-order valence-electron chi connectivity index (χ4n) is 1.13. The van der Waals surface area contributed by atoms with Crippen LogP contribution in [0.15, 0.2) is 12.2 Å². The van der Waals surface area contributed by atoms with Gasteiger partial charge in [0.2, 0.25) is 0 Å². The van der Waals surface area contributed by atoms with E-state index >= 15 is 0 Å². The summed E-state index contributed by atoms with van der Waals surface area (Å²) in [5.74, 6) is 0. The molecule has 1 aliphatic heterocycles. The van der Waals surface area contributed by atoms with Crippen molar-refractivity contribution in [3.63, 3.8) is 0 Å². The molecule has 1 saturated heterocycles. The van der Waals surface area contributed by atoms with Crippen LogP contribution in [0.1, 0.15) is 26.7 Å². The van der Waals surface area contributed by atoms with E-state index in [1.54, 1.807) is 0 Å². The first kappa shape index (κ1) is 6.81. The molecule has 52 valence electrons. The minimum absolute atomic E-state index is 0.301. The molecule has 0 amide bonds. The molecule has 0 radical (unpaired) electrons. The van der Waals surface area contributed by atoms with Crippen LogP contribution in [-0.2, 0) is 4.74 Å². The first-order chi connectivity index (χ1) is 4.24. The van der Waals surface area contributed by atoms with Gasteiger partial charge in [0, 0.05) is 0 Å². The Morgan fingerprint density at radius 3 is 2.67 bits per heavy atom. The summed E-state index contributed by atoms with van der Waals surface area (Å²) >= 11 is 0. The van der Waals surface area contributed by atoms with Crippen LogP contribution in [0.2, 0.25) is 0 Å². The Morgan fingerprint density at radius 2 is 2.44 bits per heavy atom. The van der Waals surface area contributed by atoms with Gasteiger partial charge in [0.15, 0.2) is 0 Å². The van der Waals surface area contributed by atoms with E-state index in [4.69, 9.17) is 4.74 Å². The van der Waals surface area contributed by atoms with E-state index in [9.17, 15) is 0 Å². The Bertz CT molecular complexity index is 118. The predicted octanol–water partition coefficient (Wildman–Crippen LogP) is 2.13. The second-order valence-corrected chi connectivity index (χ2v) is 2.67. The van der Waals surface area contributed by atoms with Crippen molar-refractivity contribution in [3.8, 4) is 0 Å². The molecule has 1 unspecified atom stereocenters. The number of hydrogen-bond acceptors (Lipinski definition) is 1. The summed E-state index contributed by atoms with van der Waals surface area (Å²) in [7, 11) is 0. The molecule has 9 heavy (non-hydrogen) atoms. The van der Waals surface area contributed by atoms with Crippen LogP contribution in [0.4, 0.5) is 0 Å². The van der Waals surface area contributed by atoms with Gasteiger partial charge in [0.25, 0.3) is 0 Å². The Labute approximate surface area is 56.7 Å². The third-order valence-electron chi connectivity index (χ3n) is 1.92. The molecule has 1 aliphatic rings. The topological polar surface area (TPSA) is 9.23 Å². The summed E-state index contributed by atoms with van der Waals surface area (Å²) in [6.07, 6.45) is 2.93. The van der Waals surface area contributed by atoms with Gasteiger partial charge in [-0.2, -0.15) is 0 Å². The van der Waals surface area contributed by atoms with Crippen molar-refractivity contribution >= 4 is 0 Å². The van der Waals surface area contributed by atoms with Crippen LogP contribution in [-0.4, -0.2) is 12.2 Å². The van der Waals surface area contributed by atoms with Crippen molar-refractivity contribution in [3.05, 3.63) is 12.2 Å². The van der Waals surface area contributed by atoms with Crippen molar-refractivity contribution in [2.45, 2.75) is 38.9 Å². The maximum absolute atomic E-state index is 5.52. The molecule has 1 heteroatoms. The minimum Gasteiger partial charge on any atom is -0.371 e. The summed E-state index contributed by atoms with van der Waals surface area (Å²) in [6.45, 7) is 8.12. The number of rotatable bonds is 1. The van der Waals surface area contributed by atoms with E-state index in [2.05, 4.69) is 20.4 Å². The van der Waals surface area contributed by atoms with Gasteiger partial charge in [-0.15, -0.1) is 0 Å². The summed E-state index contributed by atoms with van der Waals surface area (Å²) in [5.41, 5.74) is 1.25. The third kappa shape index (κ3) is 1.33. The smallest absolute Gasteiger partial charge is 0.0759 e. The van der Waals surface area contributed by atoms with Gasteiger partial charge in [0.05, 0.1) is 12.2 Å². The van der Waals surface area contributed by atoms with Crippen LogP contribution in [0.25, 0.3) is 0 Å². The Kier molecular flexibility index (Phi) is 1.91. The van der Waals surface area contributed by atoms with Gasteiger partial charge in [-0.05, 0) is 25.3 Å². The maximum Gasteiger partial charge on any atom is 0.0759 e. The molecule has 0 aromatic rings. The minimum atomic E-state index is 0.301. The van der Waals surface area contributed by atoms with E-state index < -0.39 is 0 Å². The number of hydrogen-bond donors (Lipinski definition) is 0. The summed E-state index contributed by atoms with van der Waals surface area (Å²) in [5, 5.41) is 0. The lowest BCUT2D eigenvalue weighted by Crippen LogP contribution is -2.05. The quantitative estimate of drug-likeness (QED) is 0.489. The van der Waals surface area contributed by atoms with Gasteiger partial charge in [-0.25, -0.2) is 0 Å². The van der Waals surface area contributed by atoms with E-state index in [0.717, 1.165) is 12.8 Å². The van der Waals surface area contributed by atoms with Crippen molar-refractivity contribution in [2.75, 3.05) is 0 Å². The average molecular weight is 126 g/mol. The molecule has 0 spiro atoms. The largest absolute Gasteiger partial charge is 0.371 e. The van der Waals surface area contributed by atoms with Crippen LogP contribution in [0, 0.1) is 0 Å². The lowest BCUT2D eigenvalue weighted by Gasteiger charge is -2.05. The lowest BCUT2D eigenvalue weighted by atomic mass is 10.1. The molecule has 0 aromatic heterocycles. The zero-order chi connectivity index (χ0) is 6.85. The lowest BCUT2D eigenvalue weighted by molar-refractivity contribution is 0.0603. The third-order valence-corrected chi connectivity index (χ3v) is 1.92. The summed E-state index contributed by atoms with van der Waals surface area (Å²) in [6, 6.07) is 0. The second-order valence-electron chi connectivity index (χ2n) is 2.67. The highest BCUT2D eigenvalue weighted by Crippen LogP contribution is 2.25. The highest BCUT2D eigenvalue weighted by atomic mass is 16.5. The summed E-state index contributed by atoms with van der Waals surface area (Å²) < 4.78 is 5.52. The zero-order valence-corrected chi connectivity index (χ0v) is 6.18. The first-order valence-corrected chi connectivity index (χ1v) is 3.57. The second kappa shape index (κ2) is 2.53. The van der Waals surface area contributed by atoms with Gasteiger partial charge in [-0.3, -0.25) is 0 Å². The molecule has 2 atom stereocenters. The molecule has 0 aromatic carbocycles. The Morgan fingerprint density at radius 1 is 1.78 bits per heavy atom. The van der Waals surface area contributed by atoms with Crippen molar-refractivity contribution in [2.24, 2.45) is 0 Å². The van der Waals surface area contributed by atoms with Crippen molar-refractivity contribution in [1.82, 2.24) is 0 Å². The standard InChI is InChI=1S/C8H14O/c1-4-8-5-6(2)7(3)9-8/h7-8H,2,4-5H2,1,3H3/t7?,8-/m1/s1. The van der Waals surface area contributed by atoms with Crippen LogP contribution in [0.5, 0.6) is 0 Å². The molecular formula is C8H14O. The molecule has 0 saturated carbocycles. The monoisotopic (exact) mass is 126 g/mol. The molecule has 1 fully saturated rings. The van der Waals surface area contributed by atoms with E-state index in [1.165, 1.54) is 5.57 Å². The first-order valence-electron chi connectivity index (χ1n) is 3.57. The van der Waals surface area contributed by atoms with E-state index in [1.807, 2.05) is 0 Å². The highest BCUT2D eigenvalue weighted by molar-refractivity contribution is 5.07. The predicted molar refractivity (Wildman–Crippen MR) is 38.4 cm³/mol. The van der Waals surface area contributed by atoms with Gasteiger partial charge >= 0.3 is 0 Å². The number of ether oxygens (including phenoxy) is 1. The normalized spacial score (nSPS) is 35.6. The van der Waals surface area contributed by atoms with Crippen molar-refractivity contribution < 1.29 is 4.74 Å². The van der Waals surface area contributed by atoms with E-state index in [0.29, 0.717) is 12.2 Å². The molecular weight excluding hydrogens is 112 g/mol. The van der Waals surface area contributed by atoms with Crippen LogP contribution in [0.3, 0.4) is 0 Å². The fraction of sp³-hybridized carbons (Fsp3) is 0.750. The van der Waals surface area contributed by atoms with Crippen LogP contribution < -0.4 is 0 Å². The van der Waals surface area contributed by atoms with E-state index in [-0.39, 0.29) is 0 Å². The molecule has 0 N–H and O–H groups in total. The Hall–Kier alpha value is -0.300. The molecule has 1 rings (SSSR count). The summed E-state index contributed by atoms with van der Waals surface area (Å²) in [4.78, 5) is 0. The Balaban J connectivity index is 2.44. The SMILES string of the molecule is C=C1C[C@@H](CC)OC1C. The fourth-order valence-corrected chi connectivity index (χ4v) is 1.13.